The summed E-state index contributed by atoms with van der Waals surface area (Å²) in [5.74, 6) is -1.21. The molecule has 0 radical (unpaired) electrons. The lowest BCUT2D eigenvalue weighted by Crippen LogP contribution is -2.39. The Morgan fingerprint density at radius 1 is 1.45 bits per heavy atom. The number of hydrogen-bond acceptors (Lipinski definition) is 4. The van der Waals surface area contributed by atoms with Gasteiger partial charge in [0.15, 0.2) is 0 Å². The minimum atomic E-state index is -0.748. The summed E-state index contributed by atoms with van der Waals surface area (Å²) in [5, 5.41) is 0. The quantitative estimate of drug-likeness (QED) is 0.574. The van der Waals surface area contributed by atoms with E-state index in [9.17, 15) is 9.59 Å². The average Bonchev–Trinajstić information content (AvgIpc) is 2.00. The Bertz CT molecular complexity index is 167. The summed E-state index contributed by atoms with van der Waals surface area (Å²) in [6.45, 7) is 2.92. The van der Waals surface area contributed by atoms with Crippen LogP contribution in [-0.2, 0) is 14.3 Å². The molecule has 0 aromatic heterocycles. The molecule has 0 aliphatic carbocycles. The first-order chi connectivity index (χ1) is 5.00. The number of esters is 1. The van der Waals surface area contributed by atoms with Crippen LogP contribution in [0.5, 0.6) is 0 Å². The summed E-state index contributed by atoms with van der Waals surface area (Å²) >= 11 is 0. The van der Waals surface area contributed by atoms with Gasteiger partial charge < -0.3 is 10.5 Å². The molecule has 2 N–H and O–H groups in total. The zero-order chi connectivity index (χ0) is 9.02. The zero-order valence-electron chi connectivity index (χ0n) is 6.96. The molecule has 2 atom stereocenters. The number of carbonyl (C=O) groups is 2. The fourth-order valence-corrected chi connectivity index (χ4v) is 0.685. The maximum absolute atomic E-state index is 10.8. The fourth-order valence-electron chi connectivity index (χ4n) is 0.685. The van der Waals surface area contributed by atoms with Crippen molar-refractivity contribution in [3.05, 3.63) is 0 Å². The topological polar surface area (TPSA) is 69.4 Å². The van der Waals surface area contributed by atoms with Crippen LogP contribution in [0.3, 0.4) is 0 Å². The van der Waals surface area contributed by atoms with Gasteiger partial charge in [-0.3, -0.25) is 9.59 Å². The van der Waals surface area contributed by atoms with Gasteiger partial charge in [-0.25, -0.2) is 0 Å². The van der Waals surface area contributed by atoms with E-state index in [0.29, 0.717) is 0 Å². The first kappa shape index (κ1) is 10.1. The monoisotopic (exact) mass is 159 g/mol. The Balaban J connectivity index is 4.12. The van der Waals surface area contributed by atoms with Gasteiger partial charge in [0.1, 0.15) is 5.78 Å². The molecule has 0 heterocycles. The van der Waals surface area contributed by atoms with Crippen molar-refractivity contribution in [3.63, 3.8) is 0 Å². The molecule has 11 heavy (non-hydrogen) atoms. The van der Waals surface area contributed by atoms with E-state index in [-0.39, 0.29) is 5.78 Å². The Morgan fingerprint density at radius 3 is 2.18 bits per heavy atom. The molecule has 0 saturated carbocycles. The molecular formula is C7H13NO3. The summed E-state index contributed by atoms with van der Waals surface area (Å²) in [6, 6.07) is -0.748. The van der Waals surface area contributed by atoms with Crippen LogP contribution in [0.4, 0.5) is 0 Å². The first-order valence-electron chi connectivity index (χ1n) is 3.34. The SMILES string of the molecule is COC(=O)[C@@H](C)[C@H](N)C(C)=O. The van der Waals surface area contributed by atoms with E-state index in [2.05, 4.69) is 4.74 Å². The van der Waals surface area contributed by atoms with E-state index in [1.165, 1.54) is 14.0 Å². The zero-order valence-corrected chi connectivity index (χ0v) is 6.96. The van der Waals surface area contributed by atoms with Crippen LogP contribution in [-0.4, -0.2) is 24.9 Å². The van der Waals surface area contributed by atoms with E-state index >= 15 is 0 Å². The lowest BCUT2D eigenvalue weighted by Gasteiger charge is -2.13. The van der Waals surface area contributed by atoms with Crippen molar-refractivity contribution in [2.45, 2.75) is 19.9 Å². The highest BCUT2D eigenvalue weighted by atomic mass is 16.5. The second-order valence-corrected chi connectivity index (χ2v) is 2.45. The largest absolute Gasteiger partial charge is 0.469 e. The molecule has 0 fully saturated rings. The van der Waals surface area contributed by atoms with Gasteiger partial charge in [-0.05, 0) is 13.8 Å². The van der Waals surface area contributed by atoms with Crippen LogP contribution >= 0.6 is 0 Å². The van der Waals surface area contributed by atoms with Crippen LogP contribution in [0.15, 0.2) is 0 Å². The molecule has 4 nitrogen and oxygen atoms in total. The molecule has 0 spiro atoms. The minimum Gasteiger partial charge on any atom is -0.469 e. The molecule has 0 bridgehead atoms. The van der Waals surface area contributed by atoms with Crippen LogP contribution in [0, 0.1) is 5.92 Å². The van der Waals surface area contributed by atoms with E-state index in [1.54, 1.807) is 6.92 Å². The molecule has 0 aromatic rings. The normalized spacial score (nSPS) is 15.3. The fraction of sp³-hybridized carbons (Fsp3) is 0.714. The molecule has 0 aliphatic rings. The van der Waals surface area contributed by atoms with E-state index in [1.807, 2.05) is 0 Å². The Labute approximate surface area is 65.7 Å². The summed E-state index contributed by atoms with van der Waals surface area (Å²) in [6.07, 6.45) is 0. The van der Waals surface area contributed by atoms with Crippen molar-refractivity contribution >= 4 is 11.8 Å². The van der Waals surface area contributed by atoms with Crippen molar-refractivity contribution in [1.29, 1.82) is 0 Å². The lowest BCUT2D eigenvalue weighted by molar-refractivity contribution is -0.147. The molecule has 0 aliphatic heterocycles. The number of ketones is 1. The number of methoxy groups -OCH3 is 1. The van der Waals surface area contributed by atoms with Gasteiger partial charge in [-0.2, -0.15) is 0 Å². The Kier molecular flexibility index (Phi) is 3.74. The maximum Gasteiger partial charge on any atom is 0.310 e. The summed E-state index contributed by atoms with van der Waals surface area (Å²) in [4.78, 5) is 21.5. The summed E-state index contributed by atoms with van der Waals surface area (Å²) in [7, 11) is 1.27. The molecule has 0 saturated heterocycles. The van der Waals surface area contributed by atoms with Crippen molar-refractivity contribution in [1.82, 2.24) is 0 Å². The molecule has 0 rings (SSSR count). The van der Waals surface area contributed by atoms with Crippen LogP contribution < -0.4 is 5.73 Å². The molecular weight excluding hydrogens is 146 g/mol. The third-order valence-electron chi connectivity index (χ3n) is 1.58. The third-order valence-corrected chi connectivity index (χ3v) is 1.58. The lowest BCUT2D eigenvalue weighted by atomic mass is 10.0. The number of hydrogen-bond donors (Lipinski definition) is 1. The Hall–Kier alpha value is -0.900. The first-order valence-corrected chi connectivity index (χ1v) is 3.34. The van der Waals surface area contributed by atoms with Crippen LogP contribution in [0.1, 0.15) is 13.8 Å². The minimum absolute atomic E-state index is 0.206. The highest BCUT2D eigenvalue weighted by Gasteiger charge is 2.24. The molecule has 4 heteroatoms. The van der Waals surface area contributed by atoms with Crippen molar-refractivity contribution in [2.24, 2.45) is 11.7 Å². The van der Waals surface area contributed by atoms with Gasteiger partial charge in [-0.1, -0.05) is 0 Å². The van der Waals surface area contributed by atoms with Gasteiger partial charge in [0.25, 0.3) is 0 Å². The number of rotatable bonds is 3. The number of ether oxygens (including phenoxy) is 1. The predicted octanol–water partition coefficient (Wildman–Crippen LogP) is -0.288. The molecule has 0 amide bonds. The van der Waals surface area contributed by atoms with Crippen molar-refractivity contribution < 1.29 is 14.3 Å². The average molecular weight is 159 g/mol. The summed E-state index contributed by atoms with van der Waals surface area (Å²) < 4.78 is 4.41. The maximum atomic E-state index is 10.8. The van der Waals surface area contributed by atoms with E-state index in [0.717, 1.165) is 0 Å². The standard InChI is InChI=1S/C7H13NO3/c1-4(7(10)11-3)6(8)5(2)9/h4,6H,8H2,1-3H3/t4-,6-/m0/s1. The van der Waals surface area contributed by atoms with Gasteiger partial charge in [0, 0.05) is 0 Å². The van der Waals surface area contributed by atoms with E-state index < -0.39 is 17.9 Å². The Morgan fingerprint density at radius 2 is 1.91 bits per heavy atom. The van der Waals surface area contributed by atoms with Crippen LogP contribution in [0.2, 0.25) is 0 Å². The van der Waals surface area contributed by atoms with Gasteiger partial charge >= 0.3 is 5.97 Å². The highest BCUT2D eigenvalue weighted by molar-refractivity contribution is 5.87. The van der Waals surface area contributed by atoms with Gasteiger partial charge in [-0.15, -0.1) is 0 Å². The number of carbonyl (C=O) groups excluding carboxylic acids is 2. The van der Waals surface area contributed by atoms with E-state index in [4.69, 9.17) is 5.73 Å². The van der Waals surface area contributed by atoms with Gasteiger partial charge in [0.05, 0.1) is 19.1 Å². The smallest absolute Gasteiger partial charge is 0.310 e. The summed E-state index contributed by atoms with van der Waals surface area (Å²) in [5.41, 5.74) is 5.39. The number of Topliss-reactive ketones (excluding diaryl/α,β-unsaturated/α-hetero) is 1. The molecule has 0 aromatic carbocycles. The highest BCUT2D eigenvalue weighted by Crippen LogP contribution is 2.03. The molecule has 64 valence electrons. The second kappa shape index (κ2) is 4.08. The molecule has 0 unspecified atom stereocenters. The second-order valence-electron chi connectivity index (χ2n) is 2.45. The third kappa shape index (κ3) is 2.67. The number of nitrogens with two attached hydrogens (primary N) is 1. The van der Waals surface area contributed by atoms with Gasteiger partial charge in [0.2, 0.25) is 0 Å². The predicted molar refractivity (Wildman–Crippen MR) is 39.8 cm³/mol. The van der Waals surface area contributed by atoms with Crippen molar-refractivity contribution in [3.8, 4) is 0 Å². The van der Waals surface area contributed by atoms with Crippen LogP contribution in [0.25, 0.3) is 0 Å². The van der Waals surface area contributed by atoms with Crippen molar-refractivity contribution in [2.75, 3.05) is 7.11 Å².